The predicted octanol–water partition coefficient (Wildman–Crippen LogP) is 6.89. The molecule has 0 spiro atoms. The highest BCUT2D eigenvalue weighted by Gasteiger charge is 2.49. The number of fused-ring (bicyclic) bond motifs is 3. The second-order valence-electron chi connectivity index (χ2n) is 12.8. The van der Waals surface area contributed by atoms with Crippen molar-refractivity contribution in [3.05, 3.63) is 53.1 Å². The predicted molar refractivity (Wildman–Crippen MR) is 173 cm³/mol. The van der Waals surface area contributed by atoms with Crippen LogP contribution in [0.3, 0.4) is 0 Å². The van der Waals surface area contributed by atoms with Crippen molar-refractivity contribution >= 4 is 33.2 Å². The molecule has 0 saturated carbocycles. The number of ether oxygens (including phenoxy) is 1. The Kier molecular flexibility index (Phi) is 7.98. The molecule has 10 heteroatoms. The summed E-state index contributed by atoms with van der Waals surface area (Å²) in [4.78, 5) is 11.7. The van der Waals surface area contributed by atoms with Crippen molar-refractivity contribution < 1.29 is 17.9 Å². The molecule has 7 nitrogen and oxygen atoms in total. The van der Waals surface area contributed by atoms with E-state index in [-0.39, 0.29) is 24.0 Å². The zero-order valence-corrected chi connectivity index (χ0v) is 26.1. The van der Waals surface area contributed by atoms with Crippen LogP contribution >= 0.6 is 0 Å². The van der Waals surface area contributed by atoms with Crippen LogP contribution in [0.2, 0.25) is 0 Å². The summed E-state index contributed by atoms with van der Waals surface area (Å²) in [5.41, 5.74) is 12.2. The van der Waals surface area contributed by atoms with Gasteiger partial charge in [0.1, 0.15) is 24.1 Å². The second kappa shape index (κ2) is 11.9. The number of halogens is 3. The minimum atomic E-state index is -0.887. The zero-order chi connectivity index (χ0) is 31.3. The van der Waals surface area contributed by atoms with E-state index in [2.05, 4.69) is 15.3 Å². The van der Waals surface area contributed by atoms with Crippen LogP contribution in [-0.2, 0) is 12.8 Å². The van der Waals surface area contributed by atoms with Crippen LogP contribution < -0.4 is 20.9 Å². The Morgan fingerprint density at radius 3 is 2.73 bits per heavy atom. The van der Waals surface area contributed by atoms with Gasteiger partial charge in [0.05, 0.1) is 5.54 Å². The van der Waals surface area contributed by atoms with E-state index >= 15 is 8.78 Å². The van der Waals surface area contributed by atoms with Crippen LogP contribution in [0.4, 0.5) is 24.7 Å². The van der Waals surface area contributed by atoms with E-state index in [1.54, 1.807) is 18.2 Å². The quantitative estimate of drug-likeness (QED) is 0.219. The molecule has 0 unspecified atom stereocenters. The van der Waals surface area contributed by atoms with Crippen LogP contribution in [0.1, 0.15) is 63.5 Å². The number of aromatic nitrogens is 2. The largest absolute Gasteiger partial charge is 0.461 e. The van der Waals surface area contributed by atoms with E-state index in [1.807, 2.05) is 24.9 Å². The molecule has 3 N–H and O–H groups in total. The normalized spacial score (nSPS) is 22.3. The Bertz CT molecular complexity index is 1760. The third-order valence-electron chi connectivity index (χ3n) is 10.0. The molecule has 3 aliphatic heterocycles. The fourth-order valence-corrected chi connectivity index (χ4v) is 7.86. The number of nitrogen functional groups attached to an aromatic ring is 1. The molecule has 2 atom stereocenters. The van der Waals surface area contributed by atoms with Gasteiger partial charge in [0.25, 0.3) is 0 Å². The number of nitrogens with zero attached hydrogens (tertiary/aromatic N) is 4. The smallest absolute Gasteiger partial charge is 0.319 e. The third-order valence-corrected chi connectivity index (χ3v) is 10.0. The SMILES string of the molecule is CCc1cc2c(N3CCCCCN3)nc(OC[C@@]34CCCN3C[C@H](F)C4)nc2c(F)c1-c1cc(N)cc2ccc(F)c(CC)c12. The number of benzene rings is 3. The summed E-state index contributed by atoms with van der Waals surface area (Å²) in [5.74, 6) is -0.285. The molecule has 0 amide bonds. The molecule has 3 aliphatic rings. The summed E-state index contributed by atoms with van der Waals surface area (Å²) in [7, 11) is 0. The lowest BCUT2D eigenvalue weighted by atomic mass is 9.88. The molecule has 0 aliphatic carbocycles. The van der Waals surface area contributed by atoms with Crippen molar-refractivity contribution in [1.82, 2.24) is 20.3 Å². The highest BCUT2D eigenvalue weighted by molar-refractivity contribution is 6.04. The Labute approximate surface area is 261 Å². The lowest BCUT2D eigenvalue weighted by Gasteiger charge is -2.31. The first-order valence-corrected chi connectivity index (χ1v) is 16.4. The van der Waals surface area contributed by atoms with Crippen LogP contribution in [0.5, 0.6) is 6.01 Å². The fraction of sp³-hybridized carbons (Fsp3) is 0.486. The lowest BCUT2D eigenvalue weighted by molar-refractivity contribution is 0.107. The highest BCUT2D eigenvalue weighted by Crippen LogP contribution is 2.43. The molecule has 3 aromatic carbocycles. The molecule has 4 aromatic rings. The third kappa shape index (κ3) is 5.25. The van der Waals surface area contributed by atoms with Crippen molar-refractivity contribution in [2.45, 2.75) is 76.9 Å². The Morgan fingerprint density at radius 1 is 1.04 bits per heavy atom. The van der Waals surface area contributed by atoms with Gasteiger partial charge < -0.3 is 10.5 Å². The molecule has 238 valence electrons. The van der Waals surface area contributed by atoms with E-state index in [4.69, 9.17) is 15.5 Å². The maximum absolute atomic E-state index is 17.2. The lowest BCUT2D eigenvalue weighted by Crippen LogP contribution is -2.43. The van der Waals surface area contributed by atoms with Crippen molar-refractivity contribution in [3.63, 3.8) is 0 Å². The monoisotopic (exact) mass is 618 g/mol. The van der Waals surface area contributed by atoms with E-state index in [1.165, 1.54) is 6.07 Å². The Balaban J connectivity index is 1.42. The van der Waals surface area contributed by atoms with Gasteiger partial charge in [0.15, 0.2) is 11.6 Å². The number of hydrazine groups is 1. The number of hydrogen-bond donors (Lipinski definition) is 2. The van der Waals surface area contributed by atoms with E-state index < -0.39 is 17.5 Å². The number of hydrogen-bond acceptors (Lipinski definition) is 7. The van der Waals surface area contributed by atoms with E-state index in [0.29, 0.717) is 71.3 Å². The van der Waals surface area contributed by atoms with Crippen molar-refractivity contribution in [2.75, 3.05) is 43.5 Å². The molecule has 1 aromatic heterocycles. The van der Waals surface area contributed by atoms with Crippen LogP contribution in [0.15, 0.2) is 30.3 Å². The molecular weight excluding hydrogens is 577 g/mol. The standard InChI is InChI=1S/C35H41F3N6O/c1-3-21-16-27-32(31(38)30(21)26-17-24(39)15-22-9-10-28(37)25(4-2)29(22)26)41-34(42-33(27)44-14-7-5-6-12-40-44)45-20-35-11-8-13-43(35)19-23(36)18-35/h9-10,15-17,23,40H,3-8,11-14,18-20,39H2,1-2H3/t23-,35+/m1/s1. The van der Waals surface area contributed by atoms with Gasteiger partial charge in [-0.25, -0.2) is 18.6 Å². The molecule has 0 radical (unpaired) electrons. The van der Waals surface area contributed by atoms with Gasteiger partial charge in [0.2, 0.25) is 0 Å². The molecule has 4 heterocycles. The molecule has 3 saturated heterocycles. The van der Waals surface area contributed by atoms with Gasteiger partial charge >= 0.3 is 6.01 Å². The van der Waals surface area contributed by atoms with E-state index in [0.717, 1.165) is 56.1 Å². The number of rotatable bonds is 7. The first-order chi connectivity index (χ1) is 21.8. The van der Waals surface area contributed by atoms with Gasteiger partial charge in [-0.1, -0.05) is 26.3 Å². The maximum Gasteiger partial charge on any atom is 0.319 e. The van der Waals surface area contributed by atoms with Gasteiger partial charge in [-0.2, -0.15) is 9.97 Å². The Hall–Kier alpha value is -3.63. The summed E-state index contributed by atoms with van der Waals surface area (Å²) in [6.45, 7) is 6.86. The van der Waals surface area contributed by atoms with Crippen LogP contribution in [-0.4, -0.2) is 59.4 Å². The van der Waals surface area contributed by atoms with Gasteiger partial charge in [0, 0.05) is 42.7 Å². The van der Waals surface area contributed by atoms with Gasteiger partial charge in [-0.15, -0.1) is 0 Å². The van der Waals surface area contributed by atoms with Crippen molar-refractivity contribution in [3.8, 4) is 17.1 Å². The second-order valence-corrected chi connectivity index (χ2v) is 12.8. The van der Waals surface area contributed by atoms with Crippen LogP contribution in [0, 0.1) is 11.6 Å². The number of nitrogens with one attached hydrogen (secondary N) is 1. The van der Waals surface area contributed by atoms with Gasteiger partial charge in [-0.3, -0.25) is 9.91 Å². The minimum Gasteiger partial charge on any atom is -0.461 e. The minimum absolute atomic E-state index is 0.0684. The summed E-state index contributed by atoms with van der Waals surface area (Å²) in [6, 6.07) is 8.71. The summed E-state index contributed by atoms with van der Waals surface area (Å²) in [6.07, 6.45) is 5.41. The topological polar surface area (TPSA) is 79.5 Å². The van der Waals surface area contributed by atoms with Crippen molar-refractivity contribution in [2.24, 2.45) is 0 Å². The molecule has 0 bridgehead atoms. The Morgan fingerprint density at radius 2 is 1.91 bits per heavy atom. The average Bonchev–Trinajstić information content (AvgIpc) is 3.41. The summed E-state index contributed by atoms with van der Waals surface area (Å²) in [5, 5.41) is 3.97. The first kappa shape index (κ1) is 30.0. The maximum atomic E-state index is 17.2. The van der Waals surface area contributed by atoms with Crippen molar-refractivity contribution in [1.29, 1.82) is 0 Å². The number of alkyl halides is 1. The number of nitrogens with two attached hydrogens (primary N) is 1. The first-order valence-electron chi connectivity index (χ1n) is 16.4. The summed E-state index contributed by atoms with van der Waals surface area (Å²) < 4.78 is 53.1. The molecule has 3 fully saturated rings. The van der Waals surface area contributed by atoms with E-state index in [9.17, 15) is 4.39 Å². The average molecular weight is 619 g/mol. The zero-order valence-electron chi connectivity index (χ0n) is 26.1. The van der Waals surface area contributed by atoms with Crippen LogP contribution in [0.25, 0.3) is 32.8 Å². The molecule has 45 heavy (non-hydrogen) atoms. The highest BCUT2D eigenvalue weighted by atomic mass is 19.1. The molecular formula is C35H41F3N6O. The number of anilines is 2. The fourth-order valence-electron chi connectivity index (χ4n) is 7.86. The van der Waals surface area contributed by atoms with Gasteiger partial charge in [-0.05, 0) is 96.8 Å². The molecule has 7 rings (SSSR count). The summed E-state index contributed by atoms with van der Waals surface area (Å²) >= 11 is 0. The number of aryl methyl sites for hydroxylation is 2.